The van der Waals surface area contributed by atoms with Gasteiger partial charge in [0, 0.05) is 18.1 Å². The molecule has 1 heterocycles. The van der Waals surface area contributed by atoms with E-state index in [1.807, 2.05) is 30.3 Å². The second-order valence-electron chi connectivity index (χ2n) is 4.53. The van der Waals surface area contributed by atoms with Gasteiger partial charge in [0.25, 0.3) is 0 Å². The van der Waals surface area contributed by atoms with Gasteiger partial charge in [-0.05, 0) is 29.8 Å². The molecule has 0 aliphatic heterocycles. The van der Waals surface area contributed by atoms with Gasteiger partial charge in [-0.2, -0.15) is 0 Å². The molecule has 100 valence electrons. The van der Waals surface area contributed by atoms with Gasteiger partial charge in [-0.1, -0.05) is 30.3 Å². The Bertz CT molecular complexity index is 750. The number of fused-ring (bicyclic) bond motifs is 1. The van der Waals surface area contributed by atoms with Crippen LogP contribution in [-0.2, 0) is 6.54 Å². The first-order chi connectivity index (χ1) is 9.74. The van der Waals surface area contributed by atoms with Crippen molar-refractivity contribution in [3.05, 3.63) is 72.2 Å². The average Bonchev–Trinajstić information content (AvgIpc) is 2.89. The van der Waals surface area contributed by atoms with E-state index in [0.29, 0.717) is 17.4 Å². The van der Waals surface area contributed by atoms with E-state index in [4.69, 9.17) is 0 Å². The molecule has 0 unspecified atom stereocenters. The SMILES string of the molecule is O=C(NCc1ccccc1)n1ccc2cc(F)ccc21. The summed E-state index contributed by atoms with van der Waals surface area (Å²) in [4.78, 5) is 12.1. The van der Waals surface area contributed by atoms with Crippen molar-refractivity contribution in [2.24, 2.45) is 0 Å². The van der Waals surface area contributed by atoms with Crippen LogP contribution in [0.15, 0.2) is 60.8 Å². The first kappa shape index (κ1) is 12.4. The van der Waals surface area contributed by atoms with Crippen molar-refractivity contribution in [3.63, 3.8) is 0 Å². The second kappa shape index (κ2) is 5.17. The van der Waals surface area contributed by atoms with E-state index in [2.05, 4.69) is 5.32 Å². The molecule has 1 aromatic heterocycles. The maximum Gasteiger partial charge on any atom is 0.326 e. The highest BCUT2D eigenvalue weighted by atomic mass is 19.1. The predicted octanol–water partition coefficient (Wildman–Crippen LogP) is 3.54. The molecular formula is C16H13FN2O. The van der Waals surface area contributed by atoms with Gasteiger partial charge < -0.3 is 5.32 Å². The Morgan fingerprint density at radius 1 is 1.10 bits per heavy atom. The summed E-state index contributed by atoms with van der Waals surface area (Å²) in [6, 6.07) is 15.5. The molecule has 0 bridgehead atoms. The maximum absolute atomic E-state index is 13.1. The third kappa shape index (κ3) is 2.40. The summed E-state index contributed by atoms with van der Waals surface area (Å²) in [6.07, 6.45) is 1.64. The number of aromatic nitrogens is 1. The van der Waals surface area contributed by atoms with Crippen molar-refractivity contribution in [1.29, 1.82) is 0 Å². The van der Waals surface area contributed by atoms with Crippen LogP contribution in [-0.4, -0.2) is 10.6 Å². The van der Waals surface area contributed by atoms with Gasteiger partial charge in [0.05, 0.1) is 5.52 Å². The number of nitrogens with zero attached hydrogens (tertiary/aromatic N) is 1. The van der Waals surface area contributed by atoms with Crippen molar-refractivity contribution >= 4 is 16.9 Å². The number of rotatable bonds is 2. The van der Waals surface area contributed by atoms with Crippen molar-refractivity contribution in [2.45, 2.75) is 6.54 Å². The minimum absolute atomic E-state index is 0.226. The zero-order valence-electron chi connectivity index (χ0n) is 10.7. The fourth-order valence-corrected chi connectivity index (χ4v) is 2.15. The molecule has 2 aromatic carbocycles. The molecule has 0 fully saturated rings. The van der Waals surface area contributed by atoms with Gasteiger partial charge in [-0.3, -0.25) is 4.57 Å². The van der Waals surface area contributed by atoms with Crippen molar-refractivity contribution in [1.82, 2.24) is 9.88 Å². The van der Waals surface area contributed by atoms with Crippen molar-refractivity contribution in [3.8, 4) is 0 Å². The van der Waals surface area contributed by atoms with Crippen LogP contribution in [0.1, 0.15) is 5.56 Å². The second-order valence-corrected chi connectivity index (χ2v) is 4.53. The van der Waals surface area contributed by atoms with Crippen LogP contribution in [0.25, 0.3) is 10.9 Å². The van der Waals surface area contributed by atoms with E-state index in [1.54, 1.807) is 18.3 Å². The molecule has 0 saturated carbocycles. The summed E-state index contributed by atoms with van der Waals surface area (Å²) in [7, 11) is 0. The highest BCUT2D eigenvalue weighted by Gasteiger charge is 2.08. The van der Waals surface area contributed by atoms with E-state index in [-0.39, 0.29) is 11.8 Å². The summed E-state index contributed by atoms with van der Waals surface area (Å²) in [5, 5.41) is 3.55. The van der Waals surface area contributed by atoms with Gasteiger partial charge in [0.15, 0.2) is 0 Å². The molecule has 3 rings (SSSR count). The Labute approximate surface area is 115 Å². The smallest absolute Gasteiger partial charge is 0.326 e. The Morgan fingerprint density at radius 2 is 1.90 bits per heavy atom. The van der Waals surface area contributed by atoms with Crippen LogP contribution in [0.2, 0.25) is 0 Å². The molecule has 3 nitrogen and oxygen atoms in total. The average molecular weight is 268 g/mol. The molecular weight excluding hydrogens is 255 g/mol. The molecule has 1 N–H and O–H groups in total. The summed E-state index contributed by atoms with van der Waals surface area (Å²) in [5.41, 5.74) is 1.72. The fourth-order valence-electron chi connectivity index (χ4n) is 2.15. The quantitative estimate of drug-likeness (QED) is 0.758. The maximum atomic E-state index is 13.1. The van der Waals surface area contributed by atoms with Gasteiger partial charge in [-0.15, -0.1) is 0 Å². The van der Waals surface area contributed by atoms with E-state index in [1.165, 1.54) is 16.7 Å². The summed E-state index contributed by atoms with van der Waals surface area (Å²) < 4.78 is 14.6. The molecule has 0 radical (unpaired) electrons. The Balaban J connectivity index is 1.79. The summed E-state index contributed by atoms with van der Waals surface area (Å²) in [5.74, 6) is -0.306. The number of carbonyl (C=O) groups is 1. The largest absolute Gasteiger partial charge is 0.333 e. The Morgan fingerprint density at radius 3 is 2.70 bits per heavy atom. The lowest BCUT2D eigenvalue weighted by Crippen LogP contribution is -2.27. The number of nitrogens with one attached hydrogen (secondary N) is 1. The van der Waals surface area contributed by atoms with E-state index < -0.39 is 0 Å². The van der Waals surface area contributed by atoms with Gasteiger partial charge >= 0.3 is 6.03 Å². The molecule has 0 aliphatic carbocycles. The third-order valence-corrected chi connectivity index (χ3v) is 3.16. The first-order valence-corrected chi connectivity index (χ1v) is 6.33. The predicted molar refractivity (Wildman–Crippen MR) is 76.0 cm³/mol. The number of hydrogen-bond donors (Lipinski definition) is 1. The summed E-state index contributed by atoms with van der Waals surface area (Å²) >= 11 is 0. The zero-order chi connectivity index (χ0) is 13.9. The van der Waals surface area contributed by atoms with Gasteiger partial charge in [0.2, 0.25) is 0 Å². The number of carbonyl (C=O) groups excluding carboxylic acids is 1. The van der Waals surface area contributed by atoms with Crippen molar-refractivity contribution < 1.29 is 9.18 Å². The molecule has 4 heteroatoms. The standard InChI is InChI=1S/C16H13FN2O/c17-14-6-7-15-13(10-14)8-9-19(15)16(20)18-11-12-4-2-1-3-5-12/h1-10H,11H2,(H,18,20). The number of halogens is 1. The minimum atomic E-state index is -0.306. The van der Waals surface area contributed by atoms with Crippen LogP contribution < -0.4 is 5.32 Å². The van der Waals surface area contributed by atoms with Crippen LogP contribution in [0.3, 0.4) is 0 Å². The lowest BCUT2D eigenvalue weighted by molar-refractivity contribution is 0.243. The highest BCUT2D eigenvalue weighted by Crippen LogP contribution is 2.16. The van der Waals surface area contributed by atoms with Crippen LogP contribution in [0.4, 0.5) is 9.18 Å². The molecule has 0 spiro atoms. The molecule has 3 aromatic rings. The van der Waals surface area contributed by atoms with Gasteiger partial charge in [-0.25, -0.2) is 9.18 Å². The van der Waals surface area contributed by atoms with Gasteiger partial charge in [0.1, 0.15) is 5.82 Å². The minimum Gasteiger partial charge on any atom is -0.333 e. The number of benzene rings is 2. The Hall–Kier alpha value is -2.62. The first-order valence-electron chi connectivity index (χ1n) is 6.33. The molecule has 0 saturated heterocycles. The molecule has 0 aliphatic rings. The third-order valence-electron chi connectivity index (χ3n) is 3.16. The van der Waals surface area contributed by atoms with E-state index in [0.717, 1.165) is 5.56 Å². The van der Waals surface area contributed by atoms with Crippen LogP contribution >= 0.6 is 0 Å². The molecule has 0 atom stereocenters. The Kier molecular flexibility index (Phi) is 3.21. The molecule has 1 amide bonds. The molecule has 20 heavy (non-hydrogen) atoms. The lowest BCUT2D eigenvalue weighted by Gasteiger charge is -2.07. The highest BCUT2D eigenvalue weighted by molar-refractivity contribution is 5.91. The number of amides is 1. The van der Waals surface area contributed by atoms with E-state index >= 15 is 0 Å². The normalized spacial score (nSPS) is 10.7. The lowest BCUT2D eigenvalue weighted by atomic mass is 10.2. The topological polar surface area (TPSA) is 34.0 Å². The zero-order valence-corrected chi connectivity index (χ0v) is 10.7. The monoisotopic (exact) mass is 268 g/mol. The summed E-state index contributed by atoms with van der Waals surface area (Å²) in [6.45, 7) is 0.459. The van der Waals surface area contributed by atoms with E-state index in [9.17, 15) is 9.18 Å². The van der Waals surface area contributed by atoms with Crippen LogP contribution in [0, 0.1) is 5.82 Å². The van der Waals surface area contributed by atoms with Crippen molar-refractivity contribution in [2.75, 3.05) is 0 Å². The fraction of sp³-hybridized carbons (Fsp3) is 0.0625. The number of hydrogen-bond acceptors (Lipinski definition) is 1. The van der Waals surface area contributed by atoms with Crippen LogP contribution in [0.5, 0.6) is 0 Å².